The van der Waals surface area contributed by atoms with Crippen LogP contribution in [0, 0.1) is 14.9 Å². The van der Waals surface area contributed by atoms with E-state index >= 15 is 0 Å². The molecule has 0 saturated heterocycles. The Morgan fingerprint density at radius 1 is 1.31 bits per heavy atom. The standard InChI is InChI=1S/C8H3F3IN/c9-8(10,11)6-2-1-3-7(12)5(6)4-13/h1-3H. The number of benzene rings is 1. The second-order valence-electron chi connectivity index (χ2n) is 2.27. The van der Waals surface area contributed by atoms with Crippen LogP contribution < -0.4 is 0 Å². The molecule has 0 aromatic heterocycles. The molecule has 0 aliphatic carbocycles. The summed E-state index contributed by atoms with van der Waals surface area (Å²) in [7, 11) is 0. The minimum absolute atomic E-state index is 0.310. The first-order chi connectivity index (χ1) is 5.96. The summed E-state index contributed by atoms with van der Waals surface area (Å²) in [5, 5.41) is 8.51. The summed E-state index contributed by atoms with van der Waals surface area (Å²) in [5.74, 6) is 0. The van der Waals surface area contributed by atoms with E-state index < -0.39 is 11.7 Å². The van der Waals surface area contributed by atoms with Crippen LogP contribution in [0.1, 0.15) is 11.1 Å². The second-order valence-corrected chi connectivity index (χ2v) is 3.43. The van der Waals surface area contributed by atoms with Gasteiger partial charge in [0.05, 0.1) is 11.1 Å². The molecule has 1 nitrogen and oxygen atoms in total. The Labute approximate surface area is 86.3 Å². The summed E-state index contributed by atoms with van der Waals surface area (Å²) in [6.45, 7) is 0. The van der Waals surface area contributed by atoms with E-state index in [0.717, 1.165) is 6.07 Å². The average Bonchev–Trinajstić information content (AvgIpc) is 2.02. The highest BCUT2D eigenvalue weighted by atomic mass is 127. The Kier molecular flexibility index (Phi) is 2.81. The molecule has 1 rings (SSSR count). The van der Waals surface area contributed by atoms with Gasteiger partial charge in [0.15, 0.2) is 0 Å². The maximum absolute atomic E-state index is 12.3. The van der Waals surface area contributed by atoms with Crippen molar-refractivity contribution in [3.63, 3.8) is 0 Å². The van der Waals surface area contributed by atoms with E-state index in [1.807, 2.05) is 0 Å². The third kappa shape index (κ3) is 2.12. The Morgan fingerprint density at radius 2 is 1.92 bits per heavy atom. The molecular weight excluding hydrogens is 294 g/mol. The molecule has 1 aromatic carbocycles. The second kappa shape index (κ2) is 3.54. The van der Waals surface area contributed by atoms with Gasteiger partial charge in [-0.05, 0) is 34.7 Å². The Hall–Kier alpha value is -0.770. The molecule has 0 aliphatic rings. The summed E-state index contributed by atoms with van der Waals surface area (Å²) in [5.41, 5.74) is -1.18. The van der Waals surface area contributed by atoms with Crippen LogP contribution in [0.2, 0.25) is 0 Å². The molecular formula is C8H3F3IN. The normalized spacial score (nSPS) is 11.0. The van der Waals surface area contributed by atoms with Crippen LogP contribution in [0.15, 0.2) is 18.2 Å². The van der Waals surface area contributed by atoms with Gasteiger partial charge >= 0.3 is 6.18 Å². The van der Waals surface area contributed by atoms with Crippen molar-refractivity contribution in [2.45, 2.75) is 6.18 Å². The molecule has 0 unspecified atom stereocenters. The van der Waals surface area contributed by atoms with Gasteiger partial charge in [-0.3, -0.25) is 0 Å². The molecule has 0 heterocycles. The van der Waals surface area contributed by atoms with Gasteiger partial charge in [0, 0.05) is 3.57 Å². The summed E-state index contributed by atoms with van der Waals surface area (Å²) < 4.78 is 37.1. The minimum atomic E-state index is -4.45. The van der Waals surface area contributed by atoms with Crippen LogP contribution >= 0.6 is 22.6 Å². The van der Waals surface area contributed by atoms with Gasteiger partial charge in [-0.25, -0.2) is 0 Å². The molecule has 0 amide bonds. The van der Waals surface area contributed by atoms with Crippen molar-refractivity contribution < 1.29 is 13.2 Å². The van der Waals surface area contributed by atoms with Gasteiger partial charge in [0.25, 0.3) is 0 Å². The van der Waals surface area contributed by atoms with Crippen molar-refractivity contribution in [2.75, 3.05) is 0 Å². The van der Waals surface area contributed by atoms with E-state index in [1.165, 1.54) is 12.1 Å². The van der Waals surface area contributed by atoms with E-state index in [4.69, 9.17) is 5.26 Å². The molecule has 0 N–H and O–H groups in total. The number of rotatable bonds is 0. The molecule has 0 saturated carbocycles. The average molecular weight is 297 g/mol. The summed E-state index contributed by atoms with van der Waals surface area (Å²) >= 11 is 1.70. The zero-order valence-corrected chi connectivity index (χ0v) is 8.35. The first-order valence-electron chi connectivity index (χ1n) is 3.22. The maximum Gasteiger partial charge on any atom is 0.417 e. The molecule has 13 heavy (non-hydrogen) atoms. The van der Waals surface area contributed by atoms with Gasteiger partial charge in [-0.2, -0.15) is 18.4 Å². The van der Waals surface area contributed by atoms with Gasteiger partial charge in [-0.15, -0.1) is 0 Å². The summed E-state index contributed by atoms with van der Waals surface area (Å²) in [6, 6.07) is 5.20. The van der Waals surface area contributed by atoms with Gasteiger partial charge in [-0.1, -0.05) is 6.07 Å². The number of halogens is 4. The maximum atomic E-state index is 12.3. The lowest BCUT2D eigenvalue weighted by atomic mass is 10.1. The molecule has 0 aliphatic heterocycles. The smallest absolute Gasteiger partial charge is 0.192 e. The lowest BCUT2D eigenvalue weighted by molar-refractivity contribution is -0.137. The fraction of sp³-hybridized carbons (Fsp3) is 0.125. The highest BCUT2D eigenvalue weighted by molar-refractivity contribution is 14.1. The topological polar surface area (TPSA) is 23.8 Å². The quantitative estimate of drug-likeness (QED) is 0.675. The molecule has 0 fully saturated rings. The highest BCUT2D eigenvalue weighted by Gasteiger charge is 2.33. The van der Waals surface area contributed by atoms with Crippen LogP contribution in [0.5, 0.6) is 0 Å². The number of nitriles is 1. The predicted octanol–water partition coefficient (Wildman–Crippen LogP) is 3.18. The van der Waals surface area contributed by atoms with Crippen LogP contribution in [-0.2, 0) is 6.18 Å². The lowest BCUT2D eigenvalue weighted by Gasteiger charge is -2.08. The first-order valence-corrected chi connectivity index (χ1v) is 4.30. The Morgan fingerprint density at radius 3 is 2.31 bits per heavy atom. The first kappa shape index (κ1) is 10.3. The molecule has 1 aromatic rings. The van der Waals surface area contributed by atoms with Gasteiger partial charge in [0.1, 0.15) is 6.07 Å². The summed E-state index contributed by atoms with van der Waals surface area (Å²) in [6.07, 6.45) is -4.45. The fourth-order valence-corrected chi connectivity index (χ4v) is 1.49. The van der Waals surface area contributed by atoms with Crippen molar-refractivity contribution in [1.29, 1.82) is 5.26 Å². The predicted molar refractivity (Wildman–Crippen MR) is 48.9 cm³/mol. The molecule has 0 bridgehead atoms. The van der Waals surface area contributed by atoms with E-state index in [9.17, 15) is 13.2 Å². The third-order valence-corrected chi connectivity index (χ3v) is 2.33. The number of alkyl halides is 3. The van der Waals surface area contributed by atoms with Crippen molar-refractivity contribution >= 4 is 22.6 Å². The van der Waals surface area contributed by atoms with E-state index in [1.54, 1.807) is 28.7 Å². The highest BCUT2D eigenvalue weighted by Crippen LogP contribution is 2.33. The van der Waals surface area contributed by atoms with Gasteiger partial charge in [0.2, 0.25) is 0 Å². The molecule has 5 heteroatoms. The lowest BCUT2D eigenvalue weighted by Crippen LogP contribution is -2.08. The minimum Gasteiger partial charge on any atom is -0.192 e. The number of hydrogen-bond donors (Lipinski definition) is 0. The van der Waals surface area contributed by atoms with E-state index in [0.29, 0.717) is 3.57 Å². The van der Waals surface area contributed by atoms with E-state index in [2.05, 4.69) is 0 Å². The fourth-order valence-electron chi connectivity index (χ4n) is 0.874. The zero-order valence-electron chi connectivity index (χ0n) is 6.19. The zero-order chi connectivity index (χ0) is 10.1. The van der Waals surface area contributed by atoms with Crippen LogP contribution in [0.4, 0.5) is 13.2 Å². The molecule has 68 valence electrons. The van der Waals surface area contributed by atoms with Crippen molar-refractivity contribution in [3.8, 4) is 6.07 Å². The van der Waals surface area contributed by atoms with Crippen LogP contribution in [0.3, 0.4) is 0 Å². The number of hydrogen-bond acceptors (Lipinski definition) is 1. The van der Waals surface area contributed by atoms with Crippen molar-refractivity contribution in [1.82, 2.24) is 0 Å². The van der Waals surface area contributed by atoms with Crippen molar-refractivity contribution in [3.05, 3.63) is 32.9 Å². The van der Waals surface area contributed by atoms with Crippen LogP contribution in [0.25, 0.3) is 0 Å². The van der Waals surface area contributed by atoms with Crippen LogP contribution in [-0.4, -0.2) is 0 Å². The molecule has 0 spiro atoms. The largest absolute Gasteiger partial charge is 0.417 e. The monoisotopic (exact) mass is 297 g/mol. The van der Waals surface area contributed by atoms with Crippen molar-refractivity contribution in [2.24, 2.45) is 0 Å². The summed E-state index contributed by atoms with van der Waals surface area (Å²) in [4.78, 5) is 0. The number of nitrogens with zero attached hydrogens (tertiary/aromatic N) is 1. The molecule has 0 radical (unpaired) electrons. The third-order valence-electron chi connectivity index (χ3n) is 1.43. The Bertz CT molecular complexity index is 365. The van der Waals surface area contributed by atoms with Gasteiger partial charge < -0.3 is 0 Å². The Balaban J connectivity index is 3.40. The molecule has 0 atom stereocenters. The SMILES string of the molecule is N#Cc1c(I)cccc1C(F)(F)F. The van der Waals surface area contributed by atoms with E-state index in [-0.39, 0.29) is 5.56 Å².